The summed E-state index contributed by atoms with van der Waals surface area (Å²) in [6, 6.07) is 9.72. The van der Waals surface area contributed by atoms with Crippen LogP contribution in [0.3, 0.4) is 0 Å². The van der Waals surface area contributed by atoms with Crippen LogP contribution in [-0.4, -0.2) is 46.1 Å². The molecule has 26 heavy (non-hydrogen) atoms. The van der Waals surface area contributed by atoms with Crippen LogP contribution in [0, 0.1) is 0 Å². The van der Waals surface area contributed by atoms with Crippen LogP contribution < -0.4 is 5.32 Å². The number of piperidine rings is 1. The van der Waals surface area contributed by atoms with Crippen LogP contribution in [0.2, 0.25) is 0 Å². The van der Waals surface area contributed by atoms with Gasteiger partial charge in [0.1, 0.15) is 0 Å². The van der Waals surface area contributed by atoms with Crippen LogP contribution in [0.25, 0.3) is 5.69 Å². The highest BCUT2D eigenvalue weighted by atomic mass is 16.2. The second kappa shape index (κ2) is 7.99. The number of aromatic nitrogens is 2. The third kappa shape index (κ3) is 3.69. The van der Waals surface area contributed by atoms with Gasteiger partial charge in [0.2, 0.25) is 5.91 Å². The van der Waals surface area contributed by atoms with Crippen molar-refractivity contribution in [2.45, 2.75) is 25.7 Å². The summed E-state index contributed by atoms with van der Waals surface area (Å²) < 4.78 is 1.74. The zero-order chi connectivity index (χ0) is 18.5. The predicted octanol–water partition coefficient (Wildman–Crippen LogP) is 2.51. The van der Waals surface area contributed by atoms with Crippen LogP contribution in [0.5, 0.6) is 0 Å². The first-order chi connectivity index (χ1) is 12.6. The summed E-state index contributed by atoms with van der Waals surface area (Å²) in [7, 11) is 0. The molecule has 6 heteroatoms. The van der Waals surface area contributed by atoms with E-state index >= 15 is 0 Å². The Balaban J connectivity index is 1.96. The molecule has 0 aliphatic carbocycles. The van der Waals surface area contributed by atoms with Crippen molar-refractivity contribution in [3.63, 3.8) is 0 Å². The normalized spacial score (nSPS) is 17.0. The minimum atomic E-state index is -0.128. The molecule has 0 bridgehead atoms. The van der Waals surface area contributed by atoms with E-state index in [9.17, 15) is 9.59 Å². The van der Waals surface area contributed by atoms with Gasteiger partial charge in [-0.2, -0.15) is 5.10 Å². The molecular formula is C20H24N4O2. The first-order valence-electron chi connectivity index (χ1n) is 8.98. The molecule has 1 saturated heterocycles. The Morgan fingerprint density at radius 2 is 2.12 bits per heavy atom. The SMILES string of the molecule is C=CC(=O)N1CCCC(c2nn(-c3ccccc3)cc2C(=O)NCC)C1. The van der Waals surface area contributed by atoms with Gasteiger partial charge in [0.25, 0.3) is 5.91 Å². The molecular weight excluding hydrogens is 328 g/mol. The van der Waals surface area contributed by atoms with E-state index in [0.717, 1.165) is 30.8 Å². The second-order valence-corrected chi connectivity index (χ2v) is 6.40. The number of carbonyl (C=O) groups is 2. The van der Waals surface area contributed by atoms with Gasteiger partial charge in [0, 0.05) is 31.7 Å². The molecule has 136 valence electrons. The van der Waals surface area contributed by atoms with E-state index in [1.54, 1.807) is 15.8 Å². The van der Waals surface area contributed by atoms with Gasteiger partial charge in [-0.05, 0) is 38.0 Å². The number of hydrogen-bond acceptors (Lipinski definition) is 3. The number of para-hydroxylation sites is 1. The lowest BCUT2D eigenvalue weighted by atomic mass is 9.92. The zero-order valence-corrected chi connectivity index (χ0v) is 15.0. The number of likely N-dealkylation sites (tertiary alicyclic amines) is 1. The highest BCUT2D eigenvalue weighted by Gasteiger charge is 2.29. The molecule has 1 aliphatic rings. The van der Waals surface area contributed by atoms with Gasteiger partial charge < -0.3 is 10.2 Å². The average Bonchev–Trinajstić information content (AvgIpc) is 3.14. The molecule has 1 unspecified atom stereocenters. The van der Waals surface area contributed by atoms with Gasteiger partial charge in [-0.1, -0.05) is 24.8 Å². The smallest absolute Gasteiger partial charge is 0.254 e. The maximum Gasteiger partial charge on any atom is 0.254 e. The average molecular weight is 352 g/mol. The van der Waals surface area contributed by atoms with Crippen molar-refractivity contribution in [3.05, 3.63) is 60.4 Å². The van der Waals surface area contributed by atoms with Crippen molar-refractivity contribution in [2.75, 3.05) is 19.6 Å². The van der Waals surface area contributed by atoms with Crippen LogP contribution in [0.15, 0.2) is 49.2 Å². The van der Waals surface area contributed by atoms with E-state index in [1.165, 1.54) is 6.08 Å². The number of nitrogens with one attached hydrogen (secondary N) is 1. The van der Waals surface area contributed by atoms with Gasteiger partial charge in [-0.25, -0.2) is 4.68 Å². The molecule has 0 spiro atoms. The van der Waals surface area contributed by atoms with E-state index < -0.39 is 0 Å². The standard InChI is InChI=1S/C20H24N4O2/c1-3-18(25)23-12-8-9-15(13-23)19-17(20(26)21-4-2)14-24(22-19)16-10-6-5-7-11-16/h3,5-7,10-11,14-15H,1,4,8-9,12-13H2,2H3,(H,21,26). The largest absolute Gasteiger partial charge is 0.352 e. The topological polar surface area (TPSA) is 67.2 Å². The van der Waals surface area contributed by atoms with E-state index in [0.29, 0.717) is 18.7 Å². The minimum Gasteiger partial charge on any atom is -0.352 e. The summed E-state index contributed by atoms with van der Waals surface area (Å²) in [5.41, 5.74) is 2.23. The first kappa shape index (κ1) is 17.9. The second-order valence-electron chi connectivity index (χ2n) is 6.40. The Hall–Kier alpha value is -2.89. The number of rotatable bonds is 5. The van der Waals surface area contributed by atoms with Crippen LogP contribution >= 0.6 is 0 Å². The van der Waals surface area contributed by atoms with Crippen molar-refractivity contribution >= 4 is 11.8 Å². The third-order valence-corrected chi connectivity index (χ3v) is 4.64. The molecule has 3 rings (SSSR count). The lowest BCUT2D eigenvalue weighted by Crippen LogP contribution is -2.38. The van der Waals surface area contributed by atoms with E-state index in [2.05, 4.69) is 11.9 Å². The Labute approximate surface area is 153 Å². The molecule has 1 fully saturated rings. The lowest BCUT2D eigenvalue weighted by Gasteiger charge is -2.31. The summed E-state index contributed by atoms with van der Waals surface area (Å²) in [6.45, 7) is 7.30. The molecule has 2 heterocycles. The minimum absolute atomic E-state index is 0.0372. The van der Waals surface area contributed by atoms with Gasteiger partial charge >= 0.3 is 0 Å². The number of nitrogens with zero attached hydrogens (tertiary/aromatic N) is 3. The molecule has 0 saturated carbocycles. The molecule has 1 aromatic carbocycles. The van der Waals surface area contributed by atoms with E-state index in [4.69, 9.17) is 5.10 Å². The highest BCUT2D eigenvalue weighted by Crippen LogP contribution is 2.29. The number of benzene rings is 1. The lowest BCUT2D eigenvalue weighted by molar-refractivity contribution is -0.127. The maximum atomic E-state index is 12.6. The fourth-order valence-corrected chi connectivity index (χ4v) is 3.36. The maximum absolute atomic E-state index is 12.6. The van der Waals surface area contributed by atoms with Crippen LogP contribution in [0.1, 0.15) is 41.7 Å². The highest BCUT2D eigenvalue weighted by molar-refractivity contribution is 5.95. The molecule has 1 aliphatic heterocycles. The number of carbonyl (C=O) groups excluding carboxylic acids is 2. The van der Waals surface area contributed by atoms with Gasteiger partial charge in [-0.3, -0.25) is 9.59 Å². The van der Waals surface area contributed by atoms with Gasteiger partial charge in [0.05, 0.1) is 16.9 Å². The molecule has 2 amide bonds. The molecule has 2 aromatic rings. The quantitative estimate of drug-likeness (QED) is 0.841. The van der Waals surface area contributed by atoms with Crippen molar-refractivity contribution in [1.82, 2.24) is 20.0 Å². The van der Waals surface area contributed by atoms with Crippen molar-refractivity contribution < 1.29 is 9.59 Å². The predicted molar refractivity (Wildman–Crippen MR) is 100 cm³/mol. The monoisotopic (exact) mass is 352 g/mol. The van der Waals surface area contributed by atoms with Crippen molar-refractivity contribution in [2.24, 2.45) is 0 Å². The van der Waals surface area contributed by atoms with Crippen molar-refractivity contribution in [1.29, 1.82) is 0 Å². The molecule has 1 N–H and O–H groups in total. The summed E-state index contributed by atoms with van der Waals surface area (Å²) in [5.74, 6) is -0.163. The van der Waals surface area contributed by atoms with E-state index in [1.807, 2.05) is 37.3 Å². The van der Waals surface area contributed by atoms with Crippen LogP contribution in [-0.2, 0) is 4.79 Å². The third-order valence-electron chi connectivity index (χ3n) is 4.64. The first-order valence-corrected chi connectivity index (χ1v) is 8.98. The number of hydrogen-bond donors (Lipinski definition) is 1. The summed E-state index contributed by atoms with van der Waals surface area (Å²) in [4.78, 5) is 26.3. The zero-order valence-electron chi connectivity index (χ0n) is 15.0. The Morgan fingerprint density at radius 3 is 2.81 bits per heavy atom. The fraction of sp³-hybridized carbons (Fsp3) is 0.350. The van der Waals surface area contributed by atoms with Gasteiger partial charge in [0.15, 0.2) is 0 Å². The van der Waals surface area contributed by atoms with E-state index in [-0.39, 0.29) is 17.7 Å². The summed E-state index contributed by atoms with van der Waals surface area (Å²) in [6.07, 6.45) is 4.91. The van der Waals surface area contributed by atoms with Gasteiger partial charge in [-0.15, -0.1) is 0 Å². The van der Waals surface area contributed by atoms with Crippen LogP contribution in [0.4, 0.5) is 0 Å². The van der Waals surface area contributed by atoms with Crippen molar-refractivity contribution in [3.8, 4) is 5.69 Å². The summed E-state index contributed by atoms with van der Waals surface area (Å²) in [5, 5.41) is 7.58. The Kier molecular flexibility index (Phi) is 5.51. The Morgan fingerprint density at radius 1 is 1.35 bits per heavy atom. The molecule has 0 radical (unpaired) electrons. The fourth-order valence-electron chi connectivity index (χ4n) is 3.36. The Bertz CT molecular complexity index is 797. The summed E-state index contributed by atoms with van der Waals surface area (Å²) >= 11 is 0. The molecule has 1 aromatic heterocycles. The number of amides is 2. The molecule has 6 nitrogen and oxygen atoms in total. The molecule has 1 atom stereocenters.